The zero-order valence-electron chi connectivity index (χ0n) is 21.9. The van der Waals surface area contributed by atoms with Crippen molar-refractivity contribution in [1.29, 1.82) is 0 Å². The Labute approximate surface area is 215 Å². The fraction of sp³-hybridized carbons (Fsp3) is 0.607. The second-order valence-corrected chi connectivity index (χ2v) is 9.65. The SMILES string of the molecule is CCC(CC)C(=O)N1CC(=O)N2CC[C@@H](CC(=O)NCCOC)[C@@H](C=CCOc3ccccc3C1)C2. The predicted octanol–water partition coefficient (Wildman–Crippen LogP) is 3.02. The van der Waals surface area contributed by atoms with E-state index in [1.54, 1.807) is 12.0 Å². The minimum Gasteiger partial charge on any atom is -0.489 e. The first kappa shape index (κ1) is 27.7. The molecule has 3 rings (SSSR count). The molecule has 1 saturated heterocycles. The molecule has 2 bridgehead atoms. The van der Waals surface area contributed by atoms with Gasteiger partial charge in [0.25, 0.3) is 0 Å². The van der Waals surface area contributed by atoms with Crippen LogP contribution in [0.5, 0.6) is 5.75 Å². The van der Waals surface area contributed by atoms with Crippen LogP contribution in [0, 0.1) is 17.8 Å². The van der Waals surface area contributed by atoms with Crippen molar-refractivity contribution in [3.05, 3.63) is 42.0 Å². The first-order valence-corrected chi connectivity index (χ1v) is 13.2. The van der Waals surface area contributed by atoms with Crippen molar-refractivity contribution in [2.45, 2.75) is 46.1 Å². The second kappa shape index (κ2) is 14.0. The van der Waals surface area contributed by atoms with Crippen LogP contribution in [0.3, 0.4) is 0 Å². The van der Waals surface area contributed by atoms with Gasteiger partial charge in [-0.1, -0.05) is 44.2 Å². The topological polar surface area (TPSA) is 88.2 Å². The molecule has 1 fully saturated rings. The summed E-state index contributed by atoms with van der Waals surface area (Å²) >= 11 is 0. The van der Waals surface area contributed by atoms with Crippen LogP contribution in [0.1, 0.15) is 45.1 Å². The van der Waals surface area contributed by atoms with Gasteiger partial charge in [0.1, 0.15) is 18.9 Å². The molecular weight excluding hydrogens is 458 g/mol. The lowest BCUT2D eigenvalue weighted by molar-refractivity contribution is -0.144. The van der Waals surface area contributed by atoms with E-state index < -0.39 is 0 Å². The third-order valence-electron chi connectivity index (χ3n) is 7.26. The molecule has 8 nitrogen and oxygen atoms in total. The standard InChI is InChI=1S/C28H41N3O5/c1-4-21(5-2)28(34)31-19-24-9-6-7-11-25(24)36-15-8-10-23-18-30(27(33)20-31)14-12-22(23)17-26(32)29-13-16-35-3/h6-11,21-23H,4-5,12-20H2,1-3H3,(H,29,32)/t22-,23-/m0/s1. The Kier molecular flexibility index (Phi) is 10.8. The molecule has 0 radical (unpaired) electrons. The van der Waals surface area contributed by atoms with Gasteiger partial charge in [-0.3, -0.25) is 14.4 Å². The highest BCUT2D eigenvalue weighted by atomic mass is 16.5. The molecule has 2 atom stereocenters. The molecule has 1 aromatic carbocycles. The minimum atomic E-state index is -0.113. The van der Waals surface area contributed by atoms with Gasteiger partial charge >= 0.3 is 0 Å². The van der Waals surface area contributed by atoms with E-state index >= 15 is 0 Å². The fourth-order valence-electron chi connectivity index (χ4n) is 5.05. The number of para-hydroxylation sites is 1. The summed E-state index contributed by atoms with van der Waals surface area (Å²) in [6.45, 7) is 6.87. The summed E-state index contributed by atoms with van der Waals surface area (Å²) in [5.74, 6) is 0.738. The number of amides is 3. The van der Waals surface area contributed by atoms with Gasteiger partial charge in [0.2, 0.25) is 17.7 Å². The number of hydrogen-bond donors (Lipinski definition) is 1. The van der Waals surface area contributed by atoms with Crippen LogP contribution < -0.4 is 10.1 Å². The summed E-state index contributed by atoms with van der Waals surface area (Å²) in [7, 11) is 1.61. The molecule has 2 aliphatic heterocycles. The molecule has 1 aromatic rings. The van der Waals surface area contributed by atoms with Crippen LogP contribution in [0.2, 0.25) is 0 Å². The molecule has 36 heavy (non-hydrogen) atoms. The maximum Gasteiger partial charge on any atom is 0.242 e. The molecule has 198 valence electrons. The maximum absolute atomic E-state index is 13.4. The largest absolute Gasteiger partial charge is 0.489 e. The molecule has 1 N–H and O–H groups in total. The number of methoxy groups -OCH3 is 1. The average molecular weight is 500 g/mol. The number of nitrogens with one attached hydrogen (secondary N) is 1. The summed E-state index contributed by atoms with van der Waals surface area (Å²) in [5, 5.41) is 2.90. The monoisotopic (exact) mass is 499 g/mol. The van der Waals surface area contributed by atoms with Gasteiger partial charge in [0, 0.05) is 51.2 Å². The van der Waals surface area contributed by atoms with Crippen LogP contribution in [-0.2, 0) is 25.7 Å². The summed E-state index contributed by atoms with van der Waals surface area (Å²) < 4.78 is 11.1. The second-order valence-electron chi connectivity index (χ2n) is 9.65. The predicted molar refractivity (Wildman–Crippen MR) is 138 cm³/mol. The highest BCUT2D eigenvalue weighted by Gasteiger charge is 2.33. The van der Waals surface area contributed by atoms with E-state index in [0.29, 0.717) is 51.6 Å². The van der Waals surface area contributed by atoms with E-state index in [9.17, 15) is 14.4 Å². The summed E-state index contributed by atoms with van der Waals surface area (Å²) in [6.07, 6.45) is 6.68. The van der Waals surface area contributed by atoms with Crippen LogP contribution in [0.25, 0.3) is 0 Å². The van der Waals surface area contributed by atoms with E-state index in [1.807, 2.05) is 49.1 Å². The third-order valence-corrected chi connectivity index (χ3v) is 7.26. The van der Waals surface area contributed by atoms with Gasteiger partial charge in [-0.05, 0) is 37.2 Å². The summed E-state index contributed by atoms with van der Waals surface area (Å²) in [5.41, 5.74) is 0.890. The number of carbonyl (C=O) groups excluding carboxylic acids is 3. The molecule has 0 aliphatic carbocycles. The van der Waals surface area contributed by atoms with Crippen molar-refractivity contribution < 1.29 is 23.9 Å². The van der Waals surface area contributed by atoms with Crippen LogP contribution in [0.4, 0.5) is 0 Å². The van der Waals surface area contributed by atoms with E-state index in [4.69, 9.17) is 9.47 Å². The molecule has 0 saturated carbocycles. The van der Waals surface area contributed by atoms with Crippen molar-refractivity contribution in [3.63, 3.8) is 0 Å². The number of fused-ring (bicyclic) bond motifs is 3. The molecule has 0 unspecified atom stereocenters. The zero-order chi connectivity index (χ0) is 25.9. The lowest BCUT2D eigenvalue weighted by Gasteiger charge is -2.38. The van der Waals surface area contributed by atoms with Crippen molar-refractivity contribution in [3.8, 4) is 5.75 Å². The van der Waals surface area contributed by atoms with Gasteiger partial charge < -0.3 is 24.6 Å². The van der Waals surface area contributed by atoms with Gasteiger partial charge in [0.15, 0.2) is 0 Å². The highest BCUT2D eigenvalue weighted by Crippen LogP contribution is 2.29. The van der Waals surface area contributed by atoms with Crippen molar-refractivity contribution >= 4 is 17.7 Å². The van der Waals surface area contributed by atoms with Crippen molar-refractivity contribution in [2.75, 3.05) is 46.5 Å². The van der Waals surface area contributed by atoms with E-state index in [2.05, 4.69) is 11.4 Å². The number of nitrogens with zero attached hydrogens (tertiary/aromatic N) is 2. The highest BCUT2D eigenvalue weighted by molar-refractivity contribution is 5.86. The average Bonchev–Trinajstić information content (AvgIpc) is 2.88. The molecular formula is C28H41N3O5. The molecule has 0 spiro atoms. The quantitative estimate of drug-likeness (QED) is 0.439. The number of benzene rings is 1. The number of ether oxygens (including phenoxy) is 2. The van der Waals surface area contributed by atoms with Gasteiger partial charge in [-0.25, -0.2) is 0 Å². The maximum atomic E-state index is 13.4. The number of carbonyl (C=O) groups is 3. The van der Waals surface area contributed by atoms with Crippen LogP contribution in [0.15, 0.2) is 36.4 Å². The Morgan fingerprint density at radius 2 is 1.97 bits per heavy atom. The Hall–Kier alpha value is -2.87. The van der Waals surface area contributed by atoms with Gasteiger partial charge in [0.05, 0.1) is 6.61 Å². The molecule has 2 heterocycles. The fourth-order valence-corrected chi connectivity index (χ4v) is 5.05. The number of rotatable bonds is 8. The lowest BCUT2D eigenvalue weighted by atomic mass is 9.82. The van der Waals surface area contributed by atoms with Gasteiger partial charge in [-0.15, -0.1) is 0 Å². The molecule has 3 amide bonds. The molecule has 8 heteroatoms. The van der Waals surface area contributed by atoms with Gasteiger partial charge in [-0.2, -0.15) is 0 Å². The summed E-state index contributed by atoms with van der Waals surface area (Å²) in [4.78, 5) is 42.9. The van der Waals surface area contributed by atoms with E-state index in [0.717, 1.165) is 24.8 Å². The lowest BCUT2D eigenvalue weighted by Crippen LogP contribution is -2.49. The molecule has 0 aromatic heterocycles. The number of hydrogen-bond acceptors (Lipinski definition) is 5. The minimum absolute atomic E-state index is 0.000246. The first-order chi connectivity index (χ1) is 17.5. The Morgan fingerprint density at radius 3 is 2.72 bits per heavy atom. The zero-order valence-corrected chi connectivity index (χ0v) is 21.9. The van der Waals surface area contributed by atoms with E-state index in [-0.39, 0.29) is 42.0 Å². The Bertz CT molecular complexity index is 914. The smallest absolute Gasteiger partial charge is 0.242 e. The molecule has 2 aliphatic rings. The van der Waals surface area contributed by atoms with Crippen molar-refractivity contribution in [2.24, 2.45) is 17.8 Å². The van der Waals surface area contributed by atoms with Crippen LogP contribution in [-0.4, -0.2) is 74.0 Å². The van der Waals surface area contributed by atoms with Crippen LogP contribution >= 0.6 is 0 Å². The Balaban J connectivity index is 1.82. The van der Waals surface area contributed by atoms with E-state index in [1.165, 1.54) is 0 Å². The normalized spacial score (nSPS) is 20.6. The van der Waals surface area contributed by atoms with Crippen molar-refractivity contribution in [1.82, 2.24) is 15.1 Å². The Morgan fingerprint density at radius 1 is 1.19 bits per heavy atom. The first-order valence-electron chi connectivity index (χ1n) is 13.2. The number of piperidine rings is 1. The summed E-state index contributed by atoms with van der Waals surface area (Å²) in [6, 6.07) is 7.69. The third kappa shape index (κ3) is 7.56.